The highest BCUT2D eigenvalue weighted by Gasteiger charge is 2.24. The highest BCUT2D eigenvalue weighted by atomic mass is 79.9. The minimum Gasteiger partial charge on any atom is -0.491 e. The SMILES string of the molecule is COc1c(F)c(F)c(F)c(Br)c1F. The summed E-state index contributed by atoms with van der Waals surface area (Å²) in [5.41, 5.74) is 0. The fraction of sp³-hybridized carbons (Fsp3) is 0.143. The third-order valence-electron chi connectivity index (χ3n) is 1.37. The van der Waals surface area contributed by atoms with Crippen LogP contribution < -0.4 is 4.74 Å². The van der Waals surface area contributed by atoms with Crippen molar-refractivity contribution in [1.29, 1.82) is 0 Å². The molecule has 0 radical (unpaired) electrons. The van der Waals surface area contributed by atoms with Crippen molar-refractivity contribution in [3.05, 3.63) is 27.7 Å². The molecule has 0 aliphatic carbocycles. The molecule has 0 aliphatic rings. The fourth-order valence-electron chi connectivity index (χ4n) is 0.764. The second kappa shape index (κ2) is 3.53. The van der Waals surface area contributed by atoms with Gasteiger partial charge in [0.15, 0.2) is 23.2 Å². The van der Waals surface area contributed by atoms with Crippen LogP contribution in [0, 0.1) is 23.3 Å². The maximum absolute atomic E-state index is 12.9. The largest absolute Gasteiger partial charge is 0.491 e. The summed E-state index contributed by atoms with van der Waals surface area (Å²) in [6, 6.07) is 0. The van der Waals surface area contributed by atoms with Crippen LogP contribution in [-0.4, -0.2) is 7.11 Å². The maximum atomic E-state index is 12.9. The normalized spacial score (nSPS) is 10.3. The molecule has 0 bridgehead atoms. The smallest absolute Gasteiger partial charge is 0.206 e. The van der Waals surface area contributed by atoms with E-state index in [1.807, 2.05) is 0 Å². The maximum Gasteiger partial charge on any atom is 0.206 e. The lowest BCUT2D eigenvalue weighted by molar-refractivity contribution is 0.333. The molecular weight excluding hydrogens is 256 g/mol. The van der Waals surface area contributed by atoms with E-state index in [9.17, 15) is 17.6 Å². The van der Waals surface area contributed by atoms with Crippen molar-refractivity contribution in [1.82, 2.24) is 0 Å². The Kier molecular flexibility index (Phi) is 2.80. The second-order valence-corrected chi connectivity index (χ2v) is 2.90. The molecule has 1 aromatic rings. The quantitative estimate of drug-likeness (QED) is 0.428. The van der Waals surface area contributed by atoms with Gasteiger partial charge in [-0.2, -0.15) is 4.39 Å². The number of hydrogen-bond donors (Lipinski definition) is 0. The Morgan fingerprint density at radius 1 is 0.923 bits per heavy atom. The number of benzene rings is 1. The monoisotopic (exact) mass is 258 g/mol. The van der Waals surface area contributed by atoms with Crippen LogP contribution >= 0.6 is 15.9 Å². The molecule has 6 heteroatoms. The summed E-state index contributed by atoms with van der Waals surface area (Å²) in [6.45, 7) is 0. The first kappa shape index (κ1) is 10.3. The van der Waals surface area contributed by atoms with E-state index >= 15 is 0 Å². The first-order valence-electron chi connectivity index (χ1n) is 3.06. The van der Waals surface area contributed by atoms with E-state index in [-0.39, 0.29) is 0 Å². The average Bonchev–Trinajstić information content (AvgIpc) is 2.13. The molecule has 72 valence electrons. The van der Waals surface area contributed by atoms with Crippen molar-refractivity contribution >= 4 is 15.9 Å². The number of methoxy groups -OCH3 is 1. The lowest BCUT2D eigenvalue weighted by atomic mass is 10.3. The molecule has 0 unspecified atom stereocenters. The molecule has 1 rings (SSSR count). The molecule has 1 nitrogen and oxygen atoms in total. The Morgan fingerprint density at radius 3 is 1.92 bits per heavy atom. The third-order valence-corrected chi connectivity index (χ3v) is 2.07. The zero-order valence-electron chi connectivity index (χ0n) is 6.30. The Labute approximate surface area is 79.4 Å². The molecule has 0 amide bonds. The third kappa shape index (κ3) is 1.50. The van der Waals surface area contributed by atoms with E-state index in [0.717, 1.165) is 7.11 Å². The van der Waals surface area contributed by atoms with Gasteiger partial charge in [0.1, 0.15) is 0 Å². The summed E-state index contributed by atoms with van der Waals surface area (Å²) in [5.74, 6) is -7.33. The molecule has 0 aromatic heterocycles. The van der Waals surface area contributed by atoms with Gasteiger partial charge in [0.2, 0.25) is 5.82 Å². The minimum atomic E-state index is -1.77. The lowest BCUT2D eigenvalue weighted by Gasteiger charge is -2.06. The molecule has 0 heterocycles. The van der Waals surface area contributed by atoms with Crippen molar-refractivity contribution in [3.63, 3.8) is 0 Å². The van der Waals surface area contributed by atoms with E-state index in [0.29, 0.717) is 0 Å². The summed E-state index contributed by atoms with van der Waals surface area (Å²) >= 11 is 2.42. The van der Waals surface area contributed by atoms with Gasteiger partial charge in [-0.1, -0.05) is 0 Å². The Bertz CT molecular complexity index is 324. The van der Waals surface area contributed by atoms with E-state index in [1.165, 1.54) is 0 Å². The minimum absolute atomic E-state index is 0.789. The van der Waals surface area contributed by atoms with Crippen molar-refractivity contribution in [2.75, 3.05) is 7.11 Å². The lowest BCUT2D eigenvalue weighted by Crippen LogP contribution is -2.01. The van der Waals surface area contributed by atoms with Crippen LogP contribution in [0.5, 0.6) is 5.75 Å². The van der Waals surface area contributed by atoms with E-state index in [2.05, 4.69) is 20.7 Å². The molecule has 1 aromatic carbocycles. The molecule has 0 atom stereocenters. The molecule has 13 heavy (non-hydrogen) atoms. The van der Waals surface area contributed by atoms with E-state index < -0.39 is 33.5 Å². The molecule has 0 N–H and O–H groups in total. The van der Waals surface area contributed by atoms with Gasteiger partial charge in [-0.25, -0.2) is 13.2 Å². The summed E-state index contributed by atoms with van der Waals surface area (Å²) < 4.78 is 54.2. The van der Waals surface area contributed by atoms with E-state index in [1.54, 1.807) is 0 Å². The van der Waals surface area contributed by atoms with Crippen LogP contribution in [-0.2, 0) is 0 Å². The van der Waals surface area contributed by atoms with E-state index in [4.69, 9.17) is 0 Å². The van der Waals surface area contributed by atoms with Crippen molar-refractivity contribution in [3.8, 4) is 5.75 Å². The number of rotatable bonds is 1. The standard InChI is InChI=1S/C7H3BrF4O/c1-13-7-4(10)2(8)3(9)5(11)6(7)12/h1H3. The molecule has 0 spiro atoms. The van der Waals surface area contributed by atoms with Crippen LogP contribution in [0.15, 0.2) is 4.47 Å². The number of halogens is 5. The van der Waals surface area contributed by atoms with Gasteiger partial charge in [-0.05, 0) is 15.9 Å². The van der Waals surface area contributed by atoms with Crippen molar-refractivity contribution in [2.45, 2.75) is 0 Å². The summed E-state index contributed by atoms with van der Waals surface area (Å²) in [4.78, 5) is 0. The average molecular weight is 259 g/mol. The zero-order chi connectivity index (χ0) is 10.2. The first-order chi connectivity index (χ1) is 6.00. The van der Waals surface area contributed by atoms with Gasteiger partial charge >= 0.3 is 0 Å². The van der Waals surface area contributed by atoms with Gasteiger partial charge < -0.3 is 4.74 Å². The van der Waals surface area contributed by atoms with Crippen LogP contribution in [0.2, 0.25) is 0 Å². The fourth-order valence-corrected chi connectivity index (χ4v) is 1.12. The summed E-state index contributed by atoms with van der Waals surface area (Å²) in [6.07, 6.45) is 0. The Morgan fingerprint density at radius 2 is 1.46 bits per heavy atom. The summed E-state index contributed by atoms with van der Waals surface area (Å²) in [5, 5.41) is 0. The molecule has 0 saturated heterocycles. The molecule has 0 fully saturated rings. The molecule has 0 saturated carbocycles. The zero-order valence-corrected chi connectivity index (χ0v) is 7.88. The van der Waals surface area contributed by atoms with Crippen molar-refractivity contribution < 1.29 is 22.3 Å². The van der Waals surface area contributed by atoms with Crippen LogP contribution in [0.3, 0.4) is 0 Å². The first-order valence-corrected chi connectivity index (χ1v) is 3.85. The van der Waals surface area contributed by atoms with Crippen molar-refractivity contribution in [2.24, 2.45) is 0 Å². The highest BCUT2D eigenvalue weighted by Crippen LogP contribution is 2.32. The molecular formula is C7H3BrF4O. The van der Waals surface area contributed by atoms with Crippen LogP contribution in [0.25, 0.3) is 0 Å². The Hall–Kier alpha value is -0.780. The number of hydrogen-bond acceptors (Lipinski definition) is 1. The molecule has 0 aliphatic heterocycles. The van der Waals surface area contributed by atoms with Gasteiger partial charge in [0.05, 0.1) is 11.6 Å². The predicted molar refractivity (Wildman–Crippen MR) is 40.5 cm³/mol. The van der Waals surface area contributed by atoms with Gasteiger partial charge in [-0.3, -0.25) is 0 Å². The van der Waals surface area contributed by atoms with Crippen LogP contribution in [0.4, 0.5) is 17.6 Å². The van der Waals surface area contributed by atoms with Gasteiger partial charge in [0, 0.05) is 0 Å². The second-order valence-electron chi connectivity index (χ2n) is 2.10. The van der Waals surface area contributed by atoms with Gasteiger partial charge in [0.25, 0.3) is 0 Å². The Balaban J connectivity index is 3.56. The topological polar surface area (TPSA) is 9.23 Å². The highest BCUT2D eigenvalue weighted by molar-refractivity contribution is 9.10. The van der Waals surface area contributed by atoms with Gasteiger partial charge in [-0.15, -0.1) is 0 Å². The predicted octanol–water partition coefficient (Wildman–Crippen LogP) is 3.01. The van der Waals surface area contributed by atoms with Crippen LogP contribution in [0.1, 0.15) is 0 Å². The summed E-state index contributed by atoms with van der Waals surface area (Å²) in [7, 11) is 0.950. The number of ether oxygens (including phenoxy) is 1.